The van der Waals surface area contributed by atoms with Crippen LogP contribution in [0.5, 0.6) is 5.75 Å². The molecule has 0 saturated carbocycles. The molecule has 110 valence electrons. The molecule has 0 bridgehead atoms. The number of halogens is 1. The minimum Gasteiger partial charge on any atom is -0.492 e. The summed E-state index contributed by atoms with van der Waals surface area (Å²) in [6, 6.07) is 16.6. The maximum atomic E-state index is 5.84. The molecule has 1 aliphatic heterocycles. The van der Waals surface area contributed by atoms with Gasteiger partial charge >= 0.3 is 0 Å². The molecule has 0 atom stereocenters. The van der Waals surface area contributed by atoms with Crippen molar-refractivity contribution >= 4 is 21.6 Å². The third kappa shape index (κ3) is 3.77. The van der Waals surface area contributed by atoms with Crippen molar-refractivity contribution < 1.29 is 4.74 Å². The summed E-state index contributed by atoms with van der Waals surface area (Å²) < 4.78 is 6.91. The lowest BCUT2D eigenvalue weighted by Crippen LogP contribution is -2.32. The highest BCUT2D eigenvalue weighted by atomic mass is 79.9. The van der Waals surface area contributed by atoms with Gasteiger partial charge in [-0.3, -0.25) is 0 Å². The molecule has 0 unspecified atom stereocenters. The number of anilines is 1. The average molecular weight is 347 g/mol. The van der Waals surface area contributed by atoms with Crippen LogP contribution in [0.15, 0.2) is 53.0 Å². The number of rotatable bonds is 4. The van der Waals surface area contributed by atoms with E-state index in [-0.39, 0.29) is 0 Å². The van der Waals surface area contributed by atoms with Crippen LogP contribution >= 0.6 is 15.9 Å². The summed E-state index contributed by atoms with van der Waals surface area (Å²) in [4.78, 5) is 2.40. The van der Waals surface area contributed by atoms with E-state index in [9.17, 15) is 0 Å². The van der Waals surface area contributed by atoms with Gasteiger partial charge in [0.1, 0.15) is 12.4 Å². The van der Waals surface area contributed by atoms with Crippen molar-refractivity contribution in [1.82, 2.24) is 5.32 Å². The molecular weight excluding hydrogens is 328 g/mol. The van der Waals surface area contributed by atoms with E-state index in [4.69, 9.17) is 4.74 Å². The van der Waals surface area contributed by atoms with Crippen molar-refractivity contribution in [3.63, 3.8) is 0 Å². The molecule has 1 N–H and O–H groups in total. The fourth-order valence-electron chi connectivity index (χ4n) is 2.56. The molecular formula is C17H19BrN2O. The minimum atomic E-state index is 0.690. The topological polar surface area (TPSA) is 24.5 Å². The monoisotopic (exact) mass is 346 g/mol. The second kappa shape index (κ2) is 6.96. The average Bonchev–Trinajstić information content (AvgIpc) is 2.72. The lowest BCUT2D eigenvalue weighted by molar-refractivity contribution is 0.324. The third-order valence-electron chi connectivity index (χ3n) is 3.65. The van der Waals surface area contributed by atoms with Gasteiger partial charge in [0.05, 0.1) is 6.54 Å². The highest BCUT2D eigenvalue weighted by Gasteiger charge is 2.13. The summed E-state index contributed by atoms with van der Waals surface area (Å²) in [7, 11) is 0. The van der Waals surface area contributed by atoms with Crippen LogP contribution in [0.3, 0.4) is 0 Å². The Morgan fingerprint density at radius 2 is 1.90 bits per heavy atom. The molecule has 2 aromatic carbocycles. The molecule has 3 nitrogen and oxygen atoms in total. The molecule has 0 aromatic heterocycles. The van der Waals surface area contributed by atoms with Crippen LogP contribution in [0.1, 0.15) is 5.56 Å². The van der Waals surface area contributed by atoms with Crippen molar-refractivity contribution in [3.8, 4) is 5.75 Å². The fourth-order valence-corrected chi connectivity index (χ4v) is 2.83. The highest BCUT2D eigenvalue weighted by Crippen LogP contribution is 2.22. The van der Waals surface area contributed by atoms with Crippen LogP contribution in [0.2, 0.25) is 0 Å². The summed E-state index contributed by atoms with van der Waals surface area (Å²) in [5.41, 5.74) is 2.68. The fraction of sp³-hybridized carbons (Fsp3) is 0.294. The van der Waals surface area contributed by atoms with E-state index in [0.29, 0.717) is 6.61 Å². The lowest BCUT2D eigenvalue weighted by atomic mass is 10.1. The van der Waals surface area contributed by atoms with Crippen molar-refractivity contribution in [2.24, 2.45) is 0 Å². The predicted octanol–water partition coefficient (Wildman–Crippen LogP) is 3.44. The van der Waals surface area contributed by atoms with E-state index in [2.05, 4.69) is 50.4 Å². The van der Waals surface area contributed by atoms with Crippen LogP contribution < -0.4 is 15.0 Å². The van der Waals surface area contributed by atoms with Crippen molar-refractivity contribution in [2.45, 2.75) is 6.54 Å². The van der Waals surface area contributed by atoms with Gasteiger partial charge in [0.25, 0.3) is 0 Å². The summed E-state index contributed by atoms with van der Waals surface area (Å²) in [6.45, 7) is 4.55. The zero-order chi connectivity index (χ0) is 14.5. The van der Waals surface area contributed by atoms with E-state index in [1.165, 1.54) is 11.3 Å². The quantitative estimate of drug-likeness (QED) is 0.917. The van der Waals surface area contributed by atoms with Crippen molar-refractivity contribution in [2.75, 3.05) is 31.1 Å². The van der Waals surface area contributed by atoms with E-state index in [1.54, 1.807) is 0 Å². The minimum absolute atomic E-state index is 0.690. The van der Waals surface area contributed by atoms with Crippen LogP contribution in [0.25, 0.3) is 0 Å². The molecule has 0 spiro atoms. The Bertz CT molecular complexity index is 586. The van der Waals surface area contributed by atoms with Crippen LogP contribution in [-0.2, 0) is 6.54 Å². The SMILES string of the molecule is Brc1ccc(OCCN2CCNCc3ccccc32)cc1. The Balaban J connectivity index is 1.61. The number of hydrogen-bond donors (Lipinski definition) is 1. The number of nitrogens with zero attached hydrogens (tertiary/aromatic N) is 1. The summed E-state index contributed by atoms with van der Waals surface area (Å²) in [5.74, 6) is 0.916. The van der Waals surface area contributed by atoms with Crippen LogP contribution in [0.4, 0.5) is 5.69 Å². The number of benzene rings is 2. The predicted molar refractivity (Wildman–Crippen MR) is 90.0 cm³/mol. The van der Waals surface area contributed by atoms with Gasteiger partial charge in [-0.15, -0.1) is 0 Å². The Morgan fingerprint density at radius 1 is 1.10 bits per heavy atom. The first-order valence-electron chi connectivity index (χ1n) is 7.25. The molecule has 3 rings (SSSR count). The van der Waals surface area contributed by atoms with E-state index in [0.717, 1.165) is 36.4 Å². The molecule has 4 heteroatoms. The molecule has 2 aromatic rings. The first kappa shape index (κ1) is 14.4. The lowest BCUT2D eigenvalue weighted by Gasteiger charge is -2.24. The van der Waals surface area contributed by atoms with Gasteiger partial charge in [0.2, 0.25) is 0 Å². The van der Waals surface area contributed by atoms with Gasteiger partial charge < -0.3 is 15.0 Å². The molecule has 0 radical (unpaired) electrons. The Morgan fingerprint density at radius 3 is 2.76 bits per heavy atom. The number of hydrogen-bond acceptors (Lipinski definition) is 3. The van der Waals surface area contributed by atoms with Gasteiger partial charge in [0.15, 0.2) is 0 Å². The van der Waals surface area contributed by atoms with E-state index >= 15 is 0 Å². The Hall–Kier alpha value is -1.52. The molecule has 0 aliphatic carbocycles. The Labute approximate surface area is 134 Å². The number of nitrogens with one attached hydrogen (secondary N) is 1. The van der Waals surface area contributed by atoms with E-state index in [1.807, 2.05) is 24.3 Å². The number of fused-ring (bicyclic) bond motifs is 1. The summed E-state index contributed by atoms with van der Waals surface area (Å²) >= 11 is 3.43. The normalized spacial score (nSPS) is 14.4. The zero-order valence-electron chi connectivity index (χ0n) is 11.9. The number of para-hydroxylation sites is 1. The maximum Gasteiger partial charge on any atom is 0.119 e. The first-order valence-corrected chi connectivity index (χ1v) is 8.04. The molecule has 21 heavy (non-hydrogen) atoms. The van der Waals surface area contributed by atoms with Gasteiger partial charge in [-0.25, -0.2) is 0 Å². The second-order valence-electron chi connectivity index (χ2n) is 5.09. The largest absolute Gasteiger partial charge is 0.492 e. The zero-order valence-corrected chi connectivity index (χ0v) is 13.5. The van der Waals surface area contributed by atoms with Crippen molar-refractivity contribution in [1.29, 1.82) is 0 Å². The molecule has 0 fully saturated rings. The molecule has 1 aliphatic rings. The van der Waals surface area contributed by atoms with E-state index < -0.39 is 0 Å². The molecule has 0 amide bonds. The molecule has 0 saturated heterocycles. The van der Waals surface area contributed by atoms with Gasteiger partial charge in [-0.1, -0.05) is 34.1 Å². The highest BCUT2D eigenvalue weighted by molar-refractivity contribution is 9.10. The van der Waals surface area contributed by atoms with Gasteiger partial charge in [-0.2, -0.15) is 0 Å². The standard InChI is InChI=1S/C17H19BrN2O/c18-15-5-7-16(8-6-15)21-12-11-20-10-9-19-13-14-3-1-2-4-17(14)20/h1-8,19H,9-13H2. The van der Waals surface area contributed by atoms with Crippen molar-refractivity contribution in [3.05, 3.63) is 58.6 Å². The summed E-state index contributed by atoms with van der Waals surface area (Å²) in [5, 5.41) is 3.46. The van der Waals surface area contributed by atoms with Gasteiger partial charge in [-0.05, 0) is 35.9 Å². The van der Waals surface area contributed by atoms with Crippen LogP contribution in [-0.4, -0.2) is 26.2 Å². The van der Waals surface area contributed by atoms with Gasteiger partial charge in [0, 0.05) is 29.8 Å². The third-order valence-corrected chi connectivity index (χ3v) is 4.18. The summed E-state index contributed by atoms with van der Waals surface area (Å²) in [6.07, 6.45) is 0. The first-order chi connectivity index (χ1) is 10.3. The van der Waals surface area contributed by atoms with Crippen LogP contribution in [0, 0.1) is 0 Å². The second-order valence-corrected chi connectivity index (χ2v) is 6.01. The molecule has 1 heterocycles. The number of ether oxygens (including phenoxy) is 1. The maximum absolute atomic E-state index is 5.84. The Kier molecular flexibility index (Phi) is 4.78. The smallest absolute Gasteiger partial charge is 0.119 e.